The third-order valence-electron chi connectivity index (χ3n) is 6.04. The van der Waals surface area contributed by atoms with Crippen LogP contribution in [0.4, 0.5) is 5.82 Å². The lowest BCUT2D eigenvalue weighted by Crippen LogP contribution is -2.14. The number of aliphatic carboxylic acids is 1. The quantitative estimate of drug-likeness (QED) is 0.466. The van der Waals surface area contributed by atoms with Gasteiger partial charge in [-0.05, 0) is 48.2 Å². The first-order chi connectivity index (χ1) is 16.5. The lowest BCUT2D eigenvalue weighted by atomic mass is 9.95. The summed E-state index contributed by atoms with van der Waals surface area (Å²) in [7, 11) is 0. The molecule has 3 N–H and O–H groups in total. The molecule has 0 saturated carbocycles. The molecule has 2 unspecified atom stereocenters. The highest BCUT2D eigenvalue weighted by Crippen LogP contribution is 2.36. The molecule has 176 valence electrons. The van der Waals surface area contributed by atoms with Gasteiger partial charge in [-0.3, -0.25) is 9.48 Å². The summed E-state index contributed by atoms with van der Waals surface area (Å²) in [6.45, 7) is 1.45. The number of carbonyl (C=O) groups is 1. The average molecular weight is 463 g/mol. The number of anilines is 1. The predicted molar refractivity (Wildman–Crippen MR) is 125 cm³/mol. The summed E-state index contributed by atoms with van der Waals surface area (Å²) in [5.41, 5.74) is 3.41. The molecule has 0 fully saturated rings. The summed E-state index contributed by atoms with van der Waals surface area (Å²) in [5, 5.41) is 27.6. The molecule has 1 aromatic carbocycles. The lowest BCUT2D eigenvalue weighted by molar-refractivity contribution is -0.137. The van der Waals surface area contributed by atoms with Gasteiger partial charge in [0.25, 0.3) is 0 Å². The first-order valence-electron chi connectivity index (χ1n) is 11.3. The number of fused-ring (bicyclic) bond motifs is 2. The number of nitrogens with zero attached hydrogens (tertiary/aromatic N) is 3. The highest BCUT2D eigenvalue weighted by Gasteiger charge is 2.21. The van der Waals surface area contributed by atoms with E-state index in [1.807, 2.05) is 30.5 Å². The Morgan fingerprint density at radius 2 is 2.12 bits per heavy atom. The van der Waals surface area contributed by atoms with E-state index in [1.54, 1.807) is 29.1 Å². The summed E-state index contributed by atoms with van der Waals surface area (Å²) in [6.07, 6.45) is 8.17. The minimum atomic E-state index is -0.884. The zero-order valence-corrected chi connectivity index (χ0v) is 18.6. The van der Waals surface area contributed by atoms with Crippen LogP contribution in [0, 0.1) is 0 Å². The highest BCUT2D eigenvalue weighted by atomic mass is 16.7. The summed E-state index contributed by atoms with van der Waals surface area (Å²) < 4.78 is 12.5. The van der Waals surface area contributed by atoms with Crippen molar-refractivity contribution in [3.05, 3.63) is 71.2 Å². The van der Waals surface area contributed by atoms with E-state index in [1.165, 1.54) is 5.56 Å². The number of nitrogens with one attached hydrogen (secondary N) is 1. The van der Waals surface area contributed by atoms with Crippen LogP contribution in [0.5, 0.6) is 11.5 Å². The summed E-state index contributed by atoms with van der Waals surface area (Å²) in [5.74, 6) is 0.952. The number of aromatic nitrogens is 3. The number of carboxylic acid groups (broad SMARTS) is 1. The molecule has 0 saturated heterocycles. The Balaban J connectivity index is 1.27. The van der Waals surface area contributed by atoms with Crippen LogP contribution in [0.25, 0.3) is 6.08 Å². The maximum absolute atomic E-state index is 11.5. The Morgan fingerprint density at radius 3 is 3.00 bits per heavy atom. The Bertz CT molecular complexity index is 1220. The second kappa shape index (κ2) is 9.56. The maximum Gasteiger partial charge on any atom is 0.304 e. The normalized spacial score (nSPS) is 16.1. The second-order valence-electron chi connectivity index (χ2n) is 8.48. The van der Waals surface area contributed by atoms with E-state index in [9.17, 15) is 15.0 Å². The zero-order chi connectivity index (χ0) is 23.5. The molecule has 3 aromatic rings. The van der Waals surface area contributed by atoms with Crippen LogP contribution in [0.1, 0.15) is 47.2 Å². The van der Waals surface area contributed by atoms with Gasteiger partial charge in [-0.25, -0.2) is 4.98 Å². The van der Waals surface area contributed by atoms with Gasteiger partial charge in [0.15, 0.2) is 11.5 Å². The smallest absolute Gasteiger partial charge is 0.304 e. The summed E-state index contributed by atoms with van der Waals surface area (Å²) >= 11 is 0. The van der Waals surface area contributed by atoms with Crippen LogP contribution in [-0.4, -0.2) is 44.3 Å². The van der Waals surface area contributed by atoms with Gasteiger partial charge in [-0.2, -0.15) is 5.10 Å². The monoisotopic (exact) mass is 462 g/mol. The largest absolute Gasteiger partial charge is 0.481 e. The number of hydrogen-bond acceptors (Lipinski definition) is 7. The number of carboxylic acids is 1. The van der Waals surface area contributed by atoms with Crippen molar-refractivity contribution in [2.24, 2.45) is 0 Å². The van der Waals surface area contributed by atoms with E-state index in [0.29, 0.717) is 23.7 Å². The Kier molecular flexibility index (Phi) is 6.18. The van der Waals surface area contributed by atoms with Crippen LogP contribution in [0.2, 0.25) is 0 Å². The van der Waals surface area contributed by atoms with Gasteiger partial charge < -0.3 is 25.0 Å². The average Bonchev–Trinajstić information content (AvgIpc) is 3.50. The standard InChI is InChI=1S/C25H26N4O5/c30-21(20-6-4-17-2-1-9-26-25(17)28-20)7-3-16-12-27-29(13-16)14-19(11-24(31)32)18-5-8-22-23(10-18)34-15-33-22/h3-8,10,12-13,19,21,30H,1-2,9,11,14-15H2,(H,26,28)(H,31,32)/b7-3+. The van der Waals surface area contributed by atoms with E-state index in [2.05, 4.69) is 15.4 Å². The third-order valence-corrected chi connectivity index (χ3v) is 6.04. The van der Waals surface area contributed by atoms with Gasteiger partial charge in [-0.1, -0.05) is 18.2 Å². The second-order valence-corrected chi connectivity index (χ2v) is 8.48. The van der Waals surface area contributed by atoms with E-state index < -0.39 is 12.1 Å². The van der Waals surface area contributed by atoms with Gasteiger partial charge in [0.1, 0.15) is 11.9 Å². The van der Waals surface area contributed by atoms with Gasteiger partial charge in [-0.15, -0.1) is 0 Å². The maximum atomic E-state index is 11.5. The molecule has 34 heavy (non-hydrogen) atoms. The van der Waals surface area contributed by atoms with E-state index in [-0.39, 0.29) is 19.1 Å². The lowest BCUT2D eigenvalue weighted by Gasteiger charge is -2.18. The molecule has 0 radical (unpaired) electrons. The van der Waals surface area contributed by atoms with Gasteiger partial charge >= 0.3 is 5.97 Å². The first kappa shape index (κ1) is 22.0. The third kappa shape index (κ3) is 4.89. The molecule has 9 heteroatoms. The number of benzene rings is 1. The van der Waals surface area contributed by atoms with Crippen molar-refractivity contribution in [2.75, 3.05) is 18.7 Å². The van der Waals surface area contributed by atoms with Crippen molar-refractivity contribution in [1.82, 2.24) is 14.8 Å². The van der Waals surface area contributed by atoms with Crippen LogP contribution in [-0.2, 0) is 17.8 Å². The highest BCUT2D eigenvalue weighted by molar-refractivity contribution is 5.68. The van der Waals surface area contributed by atoms with Crippen molar-refractivity contribution in [3.63, 3.8) is 0 Å². The molecule has 9 nitrogen and oxygen atoms in total. The fourth-order valence-electron chi connectivity index (χ4n) is 4.27. The van der Waals surface area contributed by atoms with Crippen molar-refractivity contribution >= 4 is 17.9 Å². The minimum absolute atomic E-state index is 0.0403. The number of ether oxygens (including phenoxy) is 2. The number of aliphatic hydroxyl groups excluding tert-OH is 1. The molecular weight excluding hydrogens is 436 g/mol. The molecule has 0 amide bonds. The van der Waals surface area contributed by atoms with Crippen molar-refractivity contribution in [1.29, 1.82) is 0 Å². The SMILES string of the molecule is O=C(O)CC(Cn1cc(/C=C/C(O)c2ccc3c(n2)NCCC3)cn1)c1ccc2c(c1)OCO2. The van der Waals surface area contributed by atoms with Gasteiger partial charge in [0, 0.05) is 30.8 Å². The van der Waals surface area contributed by atoms with E-state index in [4.69, 9.17) is 9.47 Å². The fraction of sp³-hybridized carbons (Fsp3) is 0.320. The van der Waals surface area contributed by atoms with E-state index >= 15 is 0 Å². The number of aryl methyl sites for hydroxylation is 1. The van der Waals surface area contributed by atoms with Crippen molar-refractivity contribution in [3.8, 4) is 11.5 Å². The number of pyridine rings is 1. The molecular formula is C25H26N4O5. The van der Waals surface area contributed by atoms with Crippen LogP contribution in [0.3, 0.4) is 0 Å². The summed E-state index contributed by atoms with van der Waals surface area (Å²) in [6, 6.07) is 9.36. The van der Waals surface area contributed by atoms with Crippen LogP contribution in [0.15, 0.2) is 48.8 Å². The fourth-order valence-corrected chi connectivity index (χ4v) is 4.27. The molecule has 0 spiro atoms. The molecule has 0 aliphatic carbocycles. The molecule has 2 aromatic heterocycles. The predicted octanol–water partition coefficient (Wildman–Crippen LogP) is 3.37. The molecule has 2 aliphatic heterocycles. The zero-order valence-electron chi connectivity index (χ0n) is 18.6. The molecule has 0 bridgehead atoms. The number of hydrogen-bond donors (Lipinski definition) is 3. The van der Waals surface area contributed by atoms with Crippen molar-refractivity contribution in [2.45, 2.75) is 37.8 Å². The first-order valence-corrected chi connectivity index (χ1v) is 11.3. The van der Waals surface area contributed by atoms with Crippen molar-refractivity contribution < 1.29 is 24.5 Å². The van der Waals surface area contributed by atoms with Crippen LogP contribution < -0.4 is 14.8 Å². The topological polar surface area (TPSA) is 119 Å². The molecule has 5 rings (SSSR count). The summed E-state index contributed by atoms with van der Waals surface area (Å²) in [4.78, 5) is 16.0. The minimum Gasteiger partial charge on any atom is -0.481 e. The Labute approximate surface area is 196 Å². The van der Waals surface area contributed by atoms with Gasteiger partial charge in [0.05, 0.1) is 18.3 Å². The number of rotatable bonds is 8. The van der Waals surface area contributed by atoms with E-state index in [0.717, 1.165) is 36.3 Å². The van der Waals surface area contributed by atoms with Crippen LogP contribution >= 0.6 is 0 Å². The molecule has 2 atom stereocenters. The molecule has 2 aliphatic rings. The Morgan fingerprint density at radius 1 is 1.24 bits per heavy atom. The Hall–Kier alpha value is -3.85. The molecule has 4 heterocycles. The van der Waals surface area contributed by atoms with Gasteiger partial charge in [0.2, 0.25) is 6.79 Å². The number of aliphatic hydroxyl groups is 1.